The lowest BCUT2D eigenvalue weighted by Crippen LogP contribution is -2.37. The van der Waals surface area contributed by atoms with Crippen molar-refractivity contribution in [1.82, 2.24) is 0 Å². The van der Waals surface area contributed by atoms with Gasteiger partial charge in [-0.15, -0.1) is 0 Å². The third-order valence-corrected chi connectivity index (χ3v) is 6.69. The Morgan fingerprint density at radius 2 is 1.86 bits per heavy atom. The van der Waals surface area contributed by atoms with Crippen molar-refractivity contribution in [3.63, 3.8) is 0 Å². The van der Waals surface area contributed by atoms with Gasteiger partial charge >= 0.3 is 12.6 Å². The van der Waals surface area contributed by atoms with E-state index in [1.165, 1.54) is 36.4 Å². The van der Waals surface area contributed by atoms with Crippen molar-refractivity contribution >= 4 is 29.2 Å². The Morgan fingerprint density at radius 1 is 1.19 bits per heavy atom. The summed E-state index contributed by atoms with van der Waals surface area (Å²) in [5, 5.41) is 24.5. The Hall–Kier alpha value is -3.79. The number of benzene rings is 2. The van der Waals surface area contributed by atoms with Gasteiger partial charge in [0.2, 0.25) is 11.6 Å². The number of rotatable bonds is 9. The molecule has 3 atom stereocenters. The van der Waals surface area contributed by atoms with Gasteiger partial charge in [0.15, 0.2) is 12.0 Å². The second kappa shape index (κ2) is 10.7. The zero-order chi connectivity index (χ0) is 26.9. The average Bonchev–Trinajstić information content (AvgIpc) is 3.54. The van der Waals surface area contributed by atoms with Gasteiger partial charge in [0.25, 0.3) is 0 Å². The Kier molecular flexibility index (Phi) is 7.58. The number of nitrogens with zero attached hydrogens (tertiary/aromatic N) is 1. The van der Waals surface area contributed by atoms with Gasteiger partial charge in [-0.25, -0.2) is 9.18 Å². The van der Waals surface area contributed by atoms with Gasteiger partial charge in [-0.2, -0.15) is 13.5 Å². The van der Waals surface area contributed by atoms with E-state index in [4.69, 9.17) is 16.7 Å². The summed E-state index contributed by atoms with van der Waals surface area (Å²) >= 11 is 5.83. The molecular weight excluding hydrogens is 513 g/mol. The van der Waals surface area contributed by atoms with Crippen LogP contribution in [0.2, 0.25) is 5.02 Å². The van der Waals surface area contributed by atoms with Crippen LogP contribution in [0.5, 0.6) is 5.75 Å². The third-order valence-electron chi connectivity index (χ3n) is 6.39. The number of anilines is 1. The second-order valence-corrected chi connectivity index (χ2v) is 9.32. The van der Waals surface area contributed by atoms with E-state index in [1.54, 1.807) is 0 Å². The highest BCUT2D eigenvalue weighted by atomic mass is 35.5. The number of amides is 1. The number of halogens is 4. The zero-order valence-corrected chi connectivity index (χ0v) is 20.2. The quantitative estimate of drug-likeness (QED) is 0.265. The Bertz CT molecular complexity index is 1340. The fourth-order valence-corrected chi connectivity index (χ4v) is 4.38. The molecule has 11 heteroatoms. The van der Waals surface area contributed by atoms with Crippen molar-refractivity contribution in [1.29, 1.82) is 0 Å². The lowest BCUT2D eigenvalue weighted by atomic mass is 9.94. The minimum Gasteiger partial charge on any atom is -0.618 e. The molecule has 37 heavy (non-hydrogen) atoms. The summed E-state index contributed by atoms with van der Waals surface area (Å²) < 4.78 is 45.3. The Labute approximate surface area is 215 Å². The van der Waals surface area contributed by atoms with Crippen molar-refractivity contribution in [3.8, 4) is 16.9 Å². The van der Waals surface area contributed by atoms with Crippen LogP contribution in [0.1, 0.15) is 41.7 Å². The molecule has 0 spiro atoms. The molecule has 2 aromatic carbocycles. The lowest BCUT2D eigenvalue weighted by molar-refractivity contribution is -0.614. The van der Waals surface area contributed by atoms with Crippen LogP contribution in [0.15, 0.2) is 54.7 Å². The van der Waals surface area contributed by atoms with E-state index in [0.29, 0.717) is 22.8 Å². The predicted molar refractivity (Wildman–Crippen MR) is 129 cm³/mol. The van der Waals surface area contributed by atoms with Crippen molar-refractivity contribution in [3.05, 3.63) is 82.0 Å². The van der Waals surface area contributed by atoms with Gasteiger partial charge in [0.05, 0.1) is 21.7 Å². The Morgan fingerprint density at radius 3 is 2.43 bits per heavy atom. The molecule has 0 saturated heterocycles. The van der Waals surface area contributed by atoms with Gasteiger partial charge in [-0.05, 0) is 67.1 Å². The summed E-state index contributed by atoms with van der Waals surface area (Å²) in [6.07, 6.45) is 2.27. The van der Waals surface area contributed by atoms with E-state index in [2.05, 4.69) is 10.1 Å². The molecule has 1 saturated carbocycles. The SMILES string of the molecule is C[C@@H]1C[C@H]1CC(C(=O)Nc1ccc(C(=O)O)cc1)c1ccc(-c2c(OC(F)F)ccc(Cl)c2F)c[n+]1[O-]. The first-order valence-corrected chi connectivity index (χ1v) is 11.7. The number of aromatic nitrogens is 1. The maximum atomic E-state index is 14.8. The first-order valence-electron chi connectivity index (χ1n) is 11.4. The molecule has 1 fully saturated rings. The molecule has 1 aliphatic carbocycles. The summed E-state index contributed by atoms with van der Waals surface area (Å²) in [5.41, 5.74) is 0.0312. The van der Waals surface area contributed by atoms with E-state index in [-0.39, 0.29) is 27.8 Å². The molecule has 0 aliphatic heterocycles. The Balaban J connectivity index is 1.66. The number of hydrogen-bond donors (Lipinski definition) is 2. The smallest absolute Gasteiger partial charge is 0.387 e. The number of carboxylic acids is 1. The van der Waals surface area contributed by atoms with E-state index < -0.39 is 41.5 Å². The summed E-state index contributed by atoms with van der Waals surface area (Å²) in [4.78, 5) is 24.3. The lowest BCUT2D eigenvalue weighted by Gasteiger charge is -2.18. The number of aromatic carboxylic acids is 1. The highest BCUT2D eigenvalue weighted by Crippen LogP contribution is 2.45. The van der Waals surface area contributed by atoms with Crippen molar-refractivity contribution in [2.45, 2.75) is 32.3 Å². The van der Waals surface area contributed by atoms with E-state index >= 15 is 0 Å². The van der Waals surface area contributed by atoms with E-state index in [1.807, 2.05) is 6.92 Å². The summed E-state index contributed by atoms with van der Waals surface area (Å²) in [6.45, 7) is -1.19. The molecule has 1 aliphatic rings. The van der Waals surface area contributed by atoms with E-state index in [0.717, 1.165) is 24.8 Å². The molecule has 4 rings (SSSR count). The molecule has 0 bridgehead atoms. The zero-order valence-electron chi connectivity index (χ0n) is 19.5. The molecule has 1 amide bonds. The van der Waals surface area contributed by atoms with Crippen molar-refractivity contribution < 1.29 is 37.3 Å². The standard InChI is InChI=1S/C26H22ClF3N2O5/c1-13-10-16(13)11-18(24(33)31-17-5-2-14(3-6-17)25(34)35)20-8-4-15(12-32(20)36)22-21(37-26(29)30)9-7-19(27)23(22)28/h2-9,12-13,16,18,26H,10-11H2,1H3,(H,31,33)(H,34,35)/t13-,16+,18?/m1/s1. The normalized spacial score (nSPS) is 17.4. The maximum absolute atomic E-state index is 14.8. The van der Waals surface area contributed by atoms with Gasteiger partial charge < -0.3 is 20.4 Å². The maximum Gasteiger partial charge on any atom is 0.387 e. The van der Waals surface area contributed by atoms with Crippen LogP contribution in [-0.4, -0.2) is 23.6 Å². The molecule has 1 unspecified atom stereocenters. The fourth-order valence-electron chi connectivity index (χ4n) is 4.22. The largest absolute Gasteiger partial charge is 0.618 e. The van der Waals surface area contributed by atoms with Gasteiger partial charge in [0.1, 0.15) is 11.7 Å². The van der Waals surface area contributed by atoms with E-state index in [9.17, 15) is 28.0 Å². The summed E-state index contributed by atoms with van der Waals surface area (Å²) in [7, 11) is 0. The van der Waals surface area contributed by atoms with Crippen LogP contribution in [0, 0.1) is 22.9 Å². The first-order chi connectivity index (χ1) is 17.5. The van der Waals surface area contributed by atoms with Gasteiger partial charge in [0, 0.05) is 11.8 Å². The van der Waals surface area contributed by atoms with Crippen LogP contribution in [0.3, 0.4) is 0 Å². The molecule has 2 N–H and O–H groups in total. The molecule has 0 radical (unpaired) electrons. The highest BCUT2D eigenvalue weighted by Gasteiger charge is 2.40. The predicted octanol–water partition coefficient (Wildman–Crippen LogP) is 5.85. The highest BCUT2D eigenvalue weighted by molar-refractivity contribution is 6.31. The minimum atomic E-state index is -3.23. The fraction of sp³-hybridized carbons (Fsp3) is 0.269. The molecule has 1 heterocycles. The number of nitrogens with one attached hydrogen (secondary N) is 1. The molecule has 194 valence electrons. The second-order valence-electron chi connectivity index (χ2n) is 8.91. The minimum absolute atomic E-state index is 0.0535. The molecule has 3 aromatic rings. The number of pyridine rings is 1. The monoisotopic (exact) mass is 534 g/mol. The number of ether oxygens (including phenoxy) is 1. The van der Waals surface area contributed by atoms with Crippen molar-refractivity contribution in [2.75, 3.05) is 5.32 Å². The van der Waals surface area contributed by atoms with Crippen LogP contribution < -0.4 is 14.8 Å². The summed E-state index contributed by atoms with van der Waals surface area (Å²) in [6, 6.07) is 10.4. The number of carboxylic acid groups (broad SMARTS) is 1. The van der Waals surface area contributed by atoms with Crippen LogP contribution >= 0.6 is 11.6 Å². The number of carbonyl (C=O) groups excluding carboxylic acids is 1. The van der Waals surface area contributed by atoms with Gasteiger partial charge in [-0.3, -0.25) is 4.79 Å². The topological polar surface area (TPSA) is 103 Å². The van der Waals surface area contributed by atoms with Crippen LogP contribution in [-0.2, 0) is 4.79 Å². The van der Waals surface area contributed by atoms with Gasteiger partial charge in [-0.1, -0.05) is 18.5 Å². The number of alkyl halides is 2. The number of hydrogen-bond acceptors (Lipinski definition) is 4. The molecule has 1 aromatic heterocycles. The van der Waals surface area contributed by atoms with Crippen molar-refractivity contribution in [2.24, 2.45) is 11.8 Å². The average molecular weight is 535 g/mol. The first kappa shape index (κ1) is 26.3. The molecule has 7 nitrogen and oxygen atoms in total. The molecular formula is C26H22ClF3N2O5. The van der Waals surface area contributed by atoms with Crippen LogP contribution in [0.25, 0.3) is 11.1 Å². The third kappa shape index (κ3) is 5.96. The summed E-state index contributed by atoms with van der Waals surface area (Å²) in [5.74, 6) is -3.37. The van der Waals surface area contributed by atoms with Crippen LogP contribution in [0.4, 0.5) is 18.9 Å². The number of carbonyl (C=O) groups is 2.